The monoisotopic (exact) mass is 425 g/mol. The molecule has 0 bridgehead atoms. The summed E-state index contributed by atoms with van der Waals surface area (Å²) >= 11 is 6.00. The Morgan fingerprint density at radius 3 is 2.47 bits per heavy atom. The summed E-state index contributed by atoms with van der Waals surface area (Å²) in [7, 11) is 0. The molecule has 0 atom stereocenters. The number of halogens is 1. The van der Waals surface area contributed by atoms with E-state index in [1.54, 1.807) is 11.0 Å². The molecule has 0 saturated carbocycles. The van der Waals surface area contributed by atoms with Crippen molar-refractivity contribution in [3.05, 3.63) is 70.9 Å². The van der Waals surface area contributed by atoms with Gasteiger partial charge in [-0.05, 0) is 56.0 Å². The average molecular weight is 426 g/mol. The highest BCUT2D eigenvalue weighted by Gasteiger charge is 2.44. The lowest BCUT2D eigenvalue weighted by atomic mass is 9.73. The number of furan rings is 1. The summed E-state index contributed by atoms with van der Waals surface area (Å²) in [5.74, 6) is -0.0107. The summed E-state index contributed by atoms with van der Waals surface area (Å²) in [5.41, 5.74) is 1.08. The zero-order chi connectivity index (χ0) is 21.1. The minimum absolute atomic E-state index is 0.143. The number of para-hydroxylation sites is 1. The fraction of sp³-hybridized carbons (Fsp3) is 0.333. The molecule has 3 aromatic rings. The van der Waals surface area contributed by atoms with E-state index in [2.05, 4.69) is 0 Å². The van der Waals surface area contributed by atoms with Crippen LogP contribution in [-0.2, 0) is 16.0 Å². The number of carbonyl (C=O) groups excluding carboxylic acids is 2. The minimum Gasteiger partial charge on any atom is -0.466 e. The van der Waals surface area contributed by atoms with E-state index in [4.69, 9.17) is 20.8 Å². The molecule has 1 aliphatic rings. The quantitative estimate of drug-likeness (QED) is 0.532. The van der Waals surface area contributed by atoms with Crippen molar-refractivity contribution in [2.75, 3.05) is 19.7 Å². The smallest absolute Gasteiger partial charge is 0.312 e. The van der Waals surface area contributed by atoms with Crippen LogP contribution in [0.2, 0.25) is 5.02 Å². The highest BCUT2D eigenvalue weighted by Crippen LogP contribution is 2.37. The minimum atomic E-state index is -0.644. The fourth-order valence-corrected chi connectivity index (χ4v) is 4.24. The van der Waals surface area contributed by atoms with Crippen LogP contribution in [0.25, 0.3) is 11.0 Å². The first-order chi connectivity index (χ1) is 14.5. The molecule has 2 aromatic carbocycles. The third-order valence-electron chi connectivity index (χ3n) is 5.81. The molecule has 2 heterocycles. The summed E-state index contributed by atoms with van der Waals surface area (Å²) in [5, 5.41) is 1.57. The van der Waals surface area contributed by atoms with Crippen LogP contribution in [0.15, 0.2) is 59.0 Å². The van der Waals surface area contributed by atoms with E-state index in [-0.39, 0.29) is 11.9 Å². The number of likely N-dealkylation sites (tertiary alicyclic amines) is 1. The molecule has 30 heavy (non-hydrogen) atoms. The van der Waals surface area contributed by atoms with Crippen molar-refractivity contribution in [2.24, 2.45) is 5.41 Å². The first-order valence-corrected chi connectivity index (χ1v) is 10.6. The number of carbonyl (C=O) groups is 2. The van der Waals surface area contributed by atoms with Gasteiger partial charge in [0.2, 0.25) is 0 Å². The first-order valence-electron chi connectivity index (χ1n) is 10.2. The second-order valence-electron chi connectivity index (χ2n) is 7.74. The van der Waals surface area contributed by atoms with Gasteiger partial charge in [-0.15, -0.1) is 0 Å². The van der Waals surface area contributed by atoms with Crippen molar-refractivity contribution in [2.45, 2.75) is 26.2 Å². The molecule has 0 unspecified atom stereocenters. The summed E-state index contributed by atoms with van der Waals surface area (Å²) in [6.07, 6.45) is 1.65. The van der Waals surface area contributed by atoms with E-state index in [0.717, 1.165) is 10.9 Å². The van der Waals surface area contributed by atoms with Gasteiger partial charge in [-0.3, -0.25) is 9.59 Å². The van der Waals surface area contributed by atoms with E-state index >= 15 is 0 Å². The Kier molecular flexibility index (Phi) is 5.82. The normalized spacial score (nSPS) is 15.9. The van der Waals surface area contributed by atoms with Crippen molar-refractivity contribution < 1.29 is 18.7 Å². The van der Waals surface area contributed by atoms with Gasteiger partial charge >= 0.3 is 5.97 Å². The molecular weight excluding hydrogens is 402 g/mol. The largest absolute Gasteiger partial charge is 0.466 e. The lowest BCUT2D eigenvalue weighted by Gasteiger charge is -2.39. The van der Waals surface area contributed by atoms with Gasteiger partial charge in [0, 0.05) is 23.5 Å². The number of hydrogen-bond acceptors (Lipinski definition) is 4. The Morgan fingerprint density at radius 1 is 1.10 bits per heavy atom. The zero-order valence-corrected chi connectivity index (χ0v) is 17.7. The molecule has 0 radical (unpaired) electrons. The van der Waals surface area contributed by atoms with Gasteiger partial charge in [-0.1, -0.05) is 41.9 Å². The number of fused-ring (bicyclic) bond motifs is 1. The number of esters is 1. The maximum Gasteiger partial charge on any atom is 0.312 e. The Morgan fingerprint density at radius 2 is 1.80 bits per heavy atom. The van der Waals surface area contributed by atoms with Gasteiger partial charge in [0.1, 0.15) is 5.58 Å². The summed E-state index contributed by atoms with van der Waals surface area (Å²) in [6.45, 7) is 3.10. The van der Waals surface area contributed by atoms with Gasteiger partial charge < -0.3 is 14.1 Å². The molecule has 0 spiro atoms. The number of piperidine rings is 1. The molecular formula is C24H24ClNO4. The number of ether oxygens (including phenoxy) is 1. The van der Waals surface area contributed by atoms with Gasteiger partial charge in [-0.2, -0.15) is 0 Å². The molecule has 5 nitrogen and oxygen atoms in total. The summed E-state index contributed by atoms with van der Waals surface area (Å²) in [6, 6.07) is 16.9. The van der Waals surface area contributed by atoms with Crippen LogP contribution in [0.5, 0.6) is 0 Å². The highest BCUT2D eigenvalue weighted by atomic mass is 35.5. The van der Waals surface area contributed by atoms with E-state index in [1.807, 2.05) is 55.5 Å². The number of hydrogen-bond donors (Lipinski definition) is 0. The molecule has 1 amide bonds. The van der Waals surface area contributed by atoms with E-state index in [0.29, 0.717) is 55.3 Å². The molecule has 6 heteroatoms. The second-order valence-corrected chi connectivity index (χ2v) is 8.18. The maximum absolute atomic E-state index is 13.0. The van der Waals surface area contributed by atoms with E-state index in [1.165, 1.54) is 0 Å². The Bertz CT molecular complexity index is 1020. The molecule has 156 valence electrons. The summed E-state index contributed by atoms with van der Waals surface area (Å²) in [4.78, 5) is 27.6. The zero-order valence-electron chi connectivity index (χ0n) is 16.9. The lowest BCUT2D eigenvalue weighted by molar-refractivity contribution is -0.158. The Labute approximate surface area is 180 Å². The van der Waals surface area contributed by atoms with Crippen LogP contribution < -0.4 is 0 Å². The van der Waals surface area contributed by atoms with Gasteiger partial charge in [-0.25, -0.2) is 0 Å². The van der Waals surface area contributed by atoms with E-state index in [9.17, 15) is 9.59 Å². The van der Waals surface area contributed by atoms with Crippen molar-refractivity contribution in [3.8, 4) is 0 Å². The third-order valence-corrected chi connectivity index (χ3v) is 6.06. The molecule has 0 aliphatic carbocycles. The van der Waals surface area contributed by atoms with Crippen LogP contribution >= 0.6 is 11.6 Å². The first kappa shape index (κ1) is 20.5. The van der Waals surface area contributed by atoms with Crippen LogP contribution in [0.4, 0.5) is 0 Å². The highest BCUT2D eigenvalue weighted by molar-refractivity contribution is 6.30. The van der Waals surface area contributed by atoms with Gasteiger partial charge in [0.05, 0.1) is 12.0 Å². The van der Waals surface area contributed by atoms with Gasteiger partial charge in [0.25, 0.3) is 5.91 Å². The van der Waals surface area contributed by atoms with Crippen LogP contribution in [0, 0.1) is 5.41 Å². The Balaban J connectivity index is 1.51. The number of benzene rings is 2. The van der Waals surface area contributed by atoms with Crippen LogP contribution in [-0.4, -0.2) is 36.5 Å². The molecule has 0 N–H and O–H groups in total. The molecule has 4 rings (SSSR count). The lowest BCUT2D eigenvalue weighted by Crippen LogP contribution is -2.48. The number of nitrogens with zero attached hydrogens (tertiary/aromatic N) is 1. The predicted octanol–water partition coefficient (Wildman–Crippen LogP) is 5.11. The molecule has 1 fully saturated rings. The fourth-order valence-electron chi connectivity index (χ4n) is 4.11. The second kappa shape index (κ2) is 8.52. The van der Waals surface area contributed by atoms with Crippen molar-refractivity contribution in [1.29, 1.82) is 0 Å². The topological polar surface area (TPSA) is 59.8 Å². The van der Waals surface area contributed by atoms with Crippen LogP contribution in [0.1, 0.15) is 35.9 Å². The van der Waals surface area contributed by atoms with Gasteiger partial charge in [0.15, 0.2) is 5.76 Å². The average Bonchev–Trinajstić information content (AvgIpc) is 3.20. The molecule has 1 aromatic heterocycles. The third kappa shape index (κ3) is 4.08. The molecule has 1 aliphatic heterocycles. The molecule has 1 saturated heterocycles. The standard InChI is InChI=1S/C24H24ClNO4/c1-2-29-23(28)24(16-17-7-9-19(25)10-8-17)11-13-26(14-12-24)22(27)21-15-18-5-3-4-6-20(18)30-21/h3-10,15H,2,11-14,16H2,1H3. The van der Waals surface area contributed by atoms with Crippen molar-refractivity contribution >= 4 is 34.4 Å². The van der Waals surface area contributed by atoms with Crippen molar-refractivity contribution in [1.82, 2.24) is 4.90 Å². The van der Waals surface area contributed by atoms with Crippen molar-refractivity contribution in [3.63, 3.8) is 0 Å². The number of rotatable bonds is 5. The summed E-state index contributed by atoms with van der Waals surface area (Å²) < 4.78 is 11.1. The van der Waals surface area contributed by atoms with Crippen LogP contribution in [0.3, 0.4) is 0 Å². The predicted molar refractivity (Wildman–Crippen MR) is 116 cm³/mol. The van der Waals surface area contributed by atoms with E-state index < -0.39 is 5.41 Å². The maximum atomic E-state index is 13.0. The SMILES string of the molecule is CCOC(=O)C1(Cc2ccc(Cl)cc2)CCN(C(=O)c2cc3ccccc3o2)CC1. The Hall–Kier alpha value is -2.79. The number of amides is 1.